The molecule has 4 aromatic rings. The maximum Gasteiger partial charge on any atom is 0.263 e. The van der Waals surface area contributed by atoms with Crippen LogP contribution in [0.5, 0.6) is 0 Å². The van der Waals surface area contributed by atoms with E-state index in [9.17, 15) is 8.42 Å². The quantitative estimate of drug-likeness (QED) is 0.593. The molecule has 0 saturated carbocycles. The molecule has 3 aromatic carbocycles. The summed E-state index contributed by atoms with van der Waals surface area (Å²) in [5.41, 5.74) is 1.51. The van der Waals surface area contributed by atoms with Crippen LogP contribution < -0.4 is 4.72 Å². The molecule has 0 aliphatic heterocycles. The SMILES string of the molecule is Cc1cc(NS(=O)(=O)c2cccc3ccccc23)n(-c2ccccc2)n1. The van der Waals surface area contributed by atoms with E-state index in [0.717, 1.165) is 16.8 Å². The first kappa shape index (κ1) is 16.4. The van der Waals surface area contributed by atoms with E-state index < -0.39 is 10.0 Å². The zero-order valence-corrected chi connectivity index (χ0v) is 14.9. The standard InChI is InChI=1S/C20H17N3O2S/c1-15-14-20(23(21-15)17-10-3-2-4-11-17)22-26(24,25)19-13-7-9-16-8-5-6-12-18(16)19/h2-14,22H,1H3. The molecule has 0 spiro atoms. The van der Waals surface area contributed by atoms with E-state index in [1.807, 2.05) is 67.6 Å². The van der Waals surface area contributed by atoms with Crippen molar-refractivity contribution in [3.8, 4) is 5.69 Å². The minimum Gasteiger partial charge on any atom is -0.263 e. The lowest BCUT2D eigenvalue weighted by molar-refractivity contribution is 0.601. The number of sulfonamides is 1. The van der Waals surface area contributed by atoms with Gasteiger partial charge in [-0.25, -0.2) is 13.1 Å². The molecule has 0 aliphatic carbocycles. The van der Waals surface area contributed by atoms with Crippen molar-refractivity contribution in [3.63, 3.8) is 0 Å². The number of para-hydroxylation sites is 1. The van der Waals surface area contributed by atoms with Gasteiger partial charge in [-0.05, 0) is 30.5 Å². The molecule has 0 radical (unpaired) electrons. The van der Waals surface area contributed by atoms with Gasteiger partial charge in [0.2, 0.25) is 0 Å². The highest BCUT2D eigenvalue weighted by atomic mass is 32.2. The van der Waals surface area contributed by atoms with Crippen LogP contribution in [-0.2, 0) is 10.0 Å². The topological polar surface area (TPSA) is 64.0 Å². The van der Waals surface area contributed by atoms with Gasteiger partial charge in [-0.1, -0.05) is 54.6 Å². The van der Waals surface area contributed by atoms with Crippen LogP contribution in [0.4, 0.5) is 5.82 Å². The Balaban J connectivity index is 1.80. The number of aryl methyl sites for hydroxylation is 1. The summed E-state index contributed by atoms with van der Waals surface area (Å²) in [6, 6.07) is 23.8. The maximum atomic E-state index is 13.1. The molecule has 130 valence electrons. The minimum absolute atomic E-state index is 0.245. The van der Waals surface area contributed by atoms with E-state index in [-0.39, 0.29) is 4.90 Å². The second kappa shape index (κ2) is 6.31. The van der Waals surface area contributed by atoms with Crippen LogP contribution in [0, 0.1) is 6.92 Å². The number of hydrogen-bond acceptors (Lipinski definition) is 3. The Bertz CT molecular complexity index is 1180. The normalized spacial score (nSPS) is 11.6. The summed E-state index contributed by atoms with van der Waals surface area (Å²) in [7, 11) is -3.77. The molecule has 0 amide bonds. The van der Waals surface area contributed by atoms with Crippen molar-refractivity contribution >= 4 is 26.6 Å². The van der Waals surface area contributed by atoms with Crippen molar-refractivity contribution in [2.75, 3.05) is 4.72 Å². The number of rotatable bonds is 4. The van der Waals surface area contributed by atoms with E-state index in [4.69, 9.17) is 0 Å². The van der Waals surface area contributed by atoms with Crippen LogP contribution in [0.25, 0.3) is 16.5 Å². The second-order valence-electron chi connectivity index (χ2n) is 6.00. The van der Waals surface area contributed by atoms with Crippen LogP contribution in [0.15, 0.2) is 83.8 Å². The average molecular weight is 363 g/mol. The lowest BCUT2D eigenvalue weighted by Gasteiger charge is -2.12. The monoisotopic (exact) mass is 363 g/mol. The molecule has 0 atom stereocenters. The van der Waals surface area contributed by atoms with Gasteiger partial charge in [0.05, 0.1) is 16.3 Å². The van der Waals surface area contributed by atoms with E-state index in [1.165, 1.54) is 0 Å². The molecule has 1 aromatic heterocycles. The second-order valence-corrected chi connectivity index (χ2v) is 7.65. The summed E-state index contributed by atoms with van der Waals surface area (Å²) < 4.78 is 30.4. The summed E-state index contributed by atoms with van der Waals surface area (Å²) in [6.45, 7) is 1.83. The Labute approximate surface area is 152 Å². The Morgan fingerprint density at radius 2 is 1.58 bits per heavy atom. The zero-order valence-electron chi connectivity index (χ0n) is 14.1. The van der Waals surface area contributed by atoms with Gasteiger partial charge in [0.25, 0.3) is 10.0 Å². The van der Waals surface area contributed by atoms with Crippen molar-refractivity contribution < 1.29 is 8.42 Å². The molecule has 4 rings (SSSR count). The fourth-order valence-electron chi connectivity index (χ4n) is 2.96. The fraction of sp³-hybridized carbons (Fsp3) is 0.0500. The Morgan fingerprint density at radius 1 is 0.885 bits per heavy atom. The van der Waals surface area contributed by atoms with Gasteiger partial charge in [0, 0.05) is 11.5 Å². The van der Waals surface area contributed by atoms with Crippen LogP contribution in [0.3, 0.4) is 0 Å². The van der Waals surface area contributed by atoms with Crippen molar-refractivity contribution in [3.05, 3.63) is 84.6 Å². The van der Waals surface area contributed by atoms with Gasteiger partial charge in [0.1, 0.15) is 5.82 Å². The first-order valence-electron chi connectivity index (χ1n) is 8.17. The predicted octanol–water partition coefficient (Wildman–Crippen LogP) is 4.13. The number of benzene rings is 3. The van der Waals surface area contributed by atoms with Crippen molar-refractivity contribution in [2.24, 2.45) is 0 Å². The smallest absolute Gasteiger partial charge is 0.263 e. The average Bonchev–Trinajstić information content (AvgIpc) is 3.01. The highest BCUT2D eigenvalue weighted by Crippen LogP contribution is 2.26. The summed E-state index contributed by atoms with van der Waals surface area (Å²) in [4.78, 5) is 0.245. The molecule has 0 unspecified atom stereocenters. The lowest BCUT2D eigenvalue weighted by atomic mass is 10.1. The van der Waals surface area contributed by atoms with E-state index >= 15 is 0 Å². The maximum absolute atomic E-state index is 13.1. The molecular formula is C20H17N3O2S. The zero-order chi connectivity index (χ0) is 18.1. The third-order valence-corrected chi connectivity index (χ3v) is 5.52. The van der Waals surface area contributed by atoms with Crippen LogP contribution in [-0.4, -0.2) is 18.2 Å². The Hall–Kier alpha value is -3.12. The molecule has 6 heteroatoms. The van der Waals surface area contributed by atoms with Crippen molar-refractivity contribution in [2.45, 2.75) is 11.8 Å². The number of fused-ring (bicyclic) bond motifs is 1. The van der Waals surface area contributed by atoms with Crippen LogP contribution >= 0.6 is 0 Å². The minimum atomic E-state index is -3.77. The fourth-order valence-corrected chi connectivity index (χ4v) is 4.22. The van der Waals surface area contributed by atoms with Crippen LogP contribution in [0.1, 0.15) is 5.69 Å². The van der Waals surface area contributed by atoms with Gasteiger partial charge < -0.3 is 0 Å². The highest BCUT2D eigenvalue weighted by Gasteiger charge is 2.20. The molecule has 0 aliphatic rings. The molecule has 0 fully saturated rings. The van der Waals surface area contributed by atoms with Gasteiger partial charge in [0.15, 0.2) is 0 Å². The van der Waals surface area contributed by atoms with Gasteiger partial charge >= 0.3 is 0 Å². The lowest BCUT2D eigenvalue weighted by Crippen LogP contribution is -2.16. The van der Waals surface area contributed by atoms with Gasteiger partial charge in [-0.2, -0.15) is 5.10 Å². The first-order chi connectivity index (χ1) is 12.5. The van der Waals surface area contributed by atoms with Gasteiger partial charge in [-0.3, -0.25) is 4.72 Å². The molecular weight excluding hydrogens is 346 g/mol. The number of nitrogens with one attached hydrogen (secondary N) is 1. The predicted molar refractivity (Wildman–Crippen MR) is 103 cm³/mol. The van der Waals surface area contributed by atoms with Crippen molar-refractivity contribution in [1.29, 1.82) is 0 Å². The highest BCUT2D eigenvalue weighted by molar-refractivity contribution is 7.93. The van der Waals surface area contributed by atoms with Crippen LogP contribution in [0.2, 0.25) is 0 Å². The number of nitrogens with zero attached hydrogens (tertiary/aromatic N) is 2. The largest absolute Gasteiger partial charge is 0.263 e. The van der Waals surface area contributed by atoms with E-state index in [0.29, 0.717) is 11.2 Å². The molecule has 26 heavy (non-hydrogen) atoms. The summed E-state index contributed by atoms with van der Waals surface area (Å²) in [5.74, 6) is 0.404. The molecule has 0 bridgehead atoms. The summed E-state index contributed by atoms with van der Waals surface area (Å²) in [5, 5.41) is 5.97. The van der Waals surface area contributed by atoms with Gasteiger partial charge in [-0.15, -0.1) is 0 Å². The third kappa shape index (κ3) is 2.95. The number of anilines is 1. The molecule has 1 heterocycles. The number of hydrogen-bond donors (Lipinski definition) is 1. The Morgan fingerprint density at radius 3 is 2.38 bits per heavy atom. The first-order valence-corrected chi connectivity index (χ1v) is 9.65. The third-order valence-electron chi connectivity index (χ3n) is 4.11. The summed E-state index contributed by atoms with van der Waals surface area (Å²) >= 11 is 0. The van der Waals surface area contributed by atoms with E-state index in [1.54, 1.807) is 22.9 Å². The number of aromatic nitrogens is 2. The summed E-state index contributed by atoms with van der Waals surface area (Å²) in [6.07, 6.45) is 0. The molecule has 0 saturated heterocycles. The van der Waals surface area contributed by atoms with Crippen molar-refractivity contribution in [1.82, 2.24) is 9.78 Å². The Kier molecular flexibility index (Phi) is 3.97. The van der Waals surface area contributed by atoms with E-state index in [2.05, 4.69) is 9.82 Å². The molecule has 1 N–H and O–H groups in total. The molecule has 5 nitrogen and oxygen atoms in total.